The van der Waals surface area contributed by atoms with Gasteiger partial charge in [0, 0.05) is 6.42 Å². The summed E-state index contributed by atoms with van der Waals surface area (Å²) in [5.74, 6) is -0.897. The highest BCUT2D eigenvalue weighted by Crippen LogP contribution is 2.06. The first kappa shape index (κ1) is 27.9. The topological polar surface area (TPSA) is 98.0 Å². The molecule has 0 aromatic rings. The Morgan fingerprint density at radius 1 is 1.08 bits per heavy atom. The molecule has 5 heteroatoms. The van der Waals surface area contributed by atoms with Crippen LogP contribution in [-0.4, -0.2) is 44.7 Å². The highest BCUT2D eigenvalue weighted by atomic mass is 16.4. The van der Waals surface area contributed by atoms with E-state index in [9.17, 15) is 15.0 Å². The lowest BCUT2D eigenvalue weighted by Crippen LogP contribution is -2.23. The highest BCUT2D eigenvalue weighted by molar-refractivity contribution is 5.66. The van der Waals surface area contributed by atoms with E-state index in [-0.39, 0.29) is 18.9 Å². The maximum atomic E-state index is 10.2. The zero-order valence-corrected chi connectivity index (χ0v) is 15.4. The third kappa shape index (κ3) is 30.5. The van der Waals surface area contributed by atoms with Crippen molar-refractivity contribution in [1.82, 2.24) is 0 Å². The third-order valence-electron chi connectivity index (χ3n) is 2.58. The Bertz CT molecular complexity index is 397. The third-order valence-corrected chi connectivity index (χ3v) is 2.58. The van der Waals surface area contributed by atoms with E-state index in [1.807, 2.05) is 6.08 Å². The van der Waals surface area contributed by atoms with Gasteiger partial charge in [0.1, 0.15) is 0 Å². The number of allylic oxidation sites excluding steroid dienone is 5. The normalized spacial score (nSPS) is 13.6. The molecular formula is C20H34O5. The number of aliphatic hydroxyl groups is 3. The first-order valence-corrected chi connectivity index (χ1v) is 8.21. The number of hydrogen-bond acceptors (Lipinski definition) is 4. The standard InChI is InChI=1S/C12H18O4.C4H8O.C4H8/c1-2-3-4-5-7-10(13)11(14)8-6-9-12(15)16;1-3-4(2)5;1-3-4-2/h2-5,7,10-11,13-14H,1,6,8-9H2,(H,15,16);3-5H,1H2,2H3;3H,1,4H2,2H3/b4-3+,7-5+;;/t10-,11-;4-;/m00./s1. The van der Waals surface area contributed by atoms with Gasteiger partial charge in [0.2, 0.25) is 0 Å². The molecule has 0 unspecified atom stereocenters. The van der Waals surface area contributed by atoms with E-state index in [4.69, 9.17) is 10.2 Å². The number of aliphatic hydroxyl groups excluding tert-OH is 3. The summed E-state index contributed by atoms with van der Waals surface area (Å²) >= 11 is 0. The average Bonchev–Trinajstić information content (AvgIpc) is 2.58. The molecule has 0 amide bonds. The Morgan fingerprint density at radius 3 is 1.96 bits per heavy atom. The second-order valence-corrected chi connectivity index (χ2v) is 5.02. The summed E-state index contributed by atoms with van der Waals surface area (Å²) in [5, 5.41) is 35.5. The molecular weight excluding hydrogens is 320 g/mol. The molecule has 0 radical (unpaired) electrons. The van der Waals surface area contributed by atoms with Crippen molar-refractivity contribution in [3.05, 3.63) is 62.3 Å². The summed E-state index contributed by atoms with van der Waals surface area (Å²) in [6.45, 7) is 14.0. The molecule has 144 valence electrons. The zero-order chi connectivity index (χ0) is 20.1. The Balaban J connectivity index is -0.000000442. The lowest BCUT2D eigenvalue weighted by Gasteiger charge is -2.13. The molecule has 0 saturated carbocycles. The van der Waals surface area contributed by atoms with Gasteiger partial charge in [0.15, 0.2) is 0 Å². The van der Waals surface area contributed by atoms with Crippen LogP contribution in [0, 0.1) is 0 Å². The molecule has 0 aliphatic carbocycles. The molecule has 0 fully saturated rings. The first-order chi connectivity index (χ1) is 11.8. The predicted molar refractivity (Wildman–Crippen MR) is 104 cm³/mol. The van der Waals surface area contributed by atoms with Crippen molar-refractivity contribution in [1.29, 1.82) is 0 Å². The van der Waals surface area contributed by atoms with Gasteiger partial charge in [-0.3, -0.25) is 4.79 Å². The van der Waals surface area contributed by atoms with Crippen molar-refractivity contribution >= 4 is 5.97 Å². The minimum atomic E-state index is -0.969. The Kier molecular flexibility index (Phi) is 24.6. The molecule has 0 aromatic carbocycles. The second kappa shape index (κ2) is 22.1. The summed E-state index contributed by atoms with van der Waals surface area (Å²) in [7, 11) is 0. The summed E-state index contributed by atoms with van der Waals surface area (Å²) in [4.78, 5) is 10.2. The number of carboxylic acid groups (broad SMARTS) is 1. The molecule has 0 aliphatic heterocycles. The van der Waals surface area contributed by atoms with Gasteiger partial charge in [0.25, 0.3) is 0 Å². The van der Waals surface area contributed by atoms with E-state index >= 15 is 0 Å². The van der Waals surface area contributed by atoms with Crippen molar-refractivity contribution in [3.8, 4) is 0 Å². The van der Waals surface area contributed by atoms with Gasteiger partial charge in [-0.05, 0) is 26.2 Å². The molecule has 0 rings (SSSR count). The van der Waals surface area contributed by atoms with Gasteiger partial charge >= 0.3 is 5.97 Å². The predicted octanol–water partition coefficient (Wildman–Crippen LogP) is 3.40. The number of aliphatic carboxylic acids is 1. The van der Waals surface area contributed by atoms with Crippen molar-refractivity contribution in [2.75, 3.05) is 0 Å². The van der Waals surface area contributed by atoms with Gasteiger partial charge in [-0.2, -0.15) is 0 Å². The van der Waals surface area contributed by atoms with Crippen LogP contribution >= 0.6 is 0 Å². The van der Waals surface area contributed by atoms with Gasteiger partial charge in [-0.25, -0.2) is 0 Å². The Hall–Kier alpha value is -1.95. The van der Waals surface area contributed by atoms with Crippen LogP contribution < -0.4 is 0 Å². The SMILES string of the molecule is C=C/C=C/C=C/[C@H](O)[C@@H](O)CCCC(=O)O.C=CCC.C=C[C@H](C)O. The lowest BCUT2D eigenvalue weighted by molar-refractivity contribution is -0.137. The van der Waals surface area contributed by atoms with Crippen LogP contribution in [0.2, 0.25) is 0 Å². The van der Waals surface area contributed by atoms with E-state index in [1.165, 1.54) is 12.2 Å². The minimum Gasteiger partial charge on any atom is -0.481 e. The largest absolute Gasteiger partial charge is 0.481 e. The molecule has 0 spiro atoms. The van der Waals surface area contributed by atoms with Crippen molar-refractivity contribution in [3.63, 3.8) is 0 Å². The number of hydrogen-bond donors (Lipinski definition) is 4. The van der Waals surface area contributed by atoms with E-state index in [2.05, 4.69) is 26.7 Å². The van der Waals surface area contributed by atoms with E-state index in [0.717, 1.165) is 6.42 Å². The highest BCUT2D eigenvalue weighted by Gasteiger charge is 2.12. The van der Waals surface area contributed by atoms with E-state index in [0.29, 0.717) is 6.42 Å². The number of carboxylic acids is 1. The van der Waals surface area contributed by atoms with Crippen LogP contribution in [0.5, 0.6) is 0 Å². The van der Waals surface area contributed by atoms with Crippen molar-refractivity contribution < 1.29 is 25.2 Å². The monoisotopic (exact) mass is 354 g/mol. The number of carbonyl (C=O) groups is 1. The van der Waals surface area contributed by atoms with Gasteiger partial charge in [0.05, 0.1) is 18.3 Å². The van der Waals surface area contributed by atoms with Gasteiger partial charge in [-0.15, -0.1) is 13.2 Å². The molecule has 0 saturated heterocycles. The fourth-order valence-electron chi connectivity index (χ4n) is 1.08. The summed E-state index contributed by atoms with van der Waals surface area (Å²) in [5.41, 5.74) is 0. The quantitative estimate of drug-likeness (QED) is 0.356. The van der Waals surface area contributed by atoms with Crippen LogP contribution in [0.15, 0.2) is 62.3 Å². The molecule has 0 bridgehead atoms. The second-order valence-electron chi connectivity index (χ2n) is 5.02. The minimum absolute atomic E-state index is 0.00383. The molecule has 3 atom stereocenters. The first-order valence-electron chi connectivity index (χ1n) is 8.21. The van der Waals surface area contributed by atoms with Crippen LogP contribution in [0.1, 0.15) is 39.5 Å². The molecule has 0 aliphatic rings. The van der Waals surface area contributed by atoms with Crippen LogP contribution in [0.4, 0.5) is 0 Å². The van der Waals surface area contributed by atoms with Crippen molar-refractivity contribution in [2.24, 2.45) is 0 Å². The zero-order valence-electron chi connectivity index (χ0n) is 15.4. The smallest absolute Gasteiger partial charge is 0.303 e. The van der Waals surface area contributed by atoms with E-state index < -0.39 is 18.2 Å². The molecule has 0 aromatic heterocycles. The molecule has 4 N–H and O–H groups in total. The Morgan fingerprint density at radius 2 is 1.60 bits per heavy atom. The molecule has 25 heavy (non-hydrogen) atoms. The van der Waals surface area contributed by atoms with Crippen LogP contribution in [-0.2, 0) is 4.79 Å². The van der Waals surface area contributed by atoms with Crippen LogP contribution in [0.3, 0.4) is 0 Å². The Labute approximate surface area is 152 Å². The fourth-order valence-corrected chi connectivity index (χ4v) is 1.08. The van der Waals surface area contributed by atoms with Crippen molar-refractivity contribution in [2.45, 2.75) is 57.8 Å². The summed E-state index contributed by atoms with van der Waals surface area (Å²) < 4.78 is 0. The van der Waals surface area contributed by atoms with Gasteiger partial charge in [-0.1, -0.05) is 56.0 Å². The molecule has 5 nitrogen and oxygen atoms in total. The lowest BCUT2D eigenvalue weighted by atomic mass is 10.1. The van der Waals surface area contributed by atoms with Gasteiger partial charge < -0.3 is 20.4 Å². The number of rotatable bonds is 10. The molecule has 0 heterocycles. The summed E-state index contributed by atoms with van der Waals surface area (Å²) in [6, 6.07) is 0. The maximum Gasteiger partial charge on any atom is 0.303 e. The van der Waals surface area contributed by atoms with Crippen LogP contribution in [0.25, 0.3) is 0 Å². The van der Waals surface area contributed by atoms with E-state index in [1.54, 1.807) is 31.2 Å². The maximum absolute atomic E-state index is 10.2. The fraction of sp³-hybridized carbons (Fsp3) is 0.450. The average molecular weight is 354 g/mol. The summed E-state index contributed by atoms with van der Waals surface area (Å²) in [6.07, 6.45) is 10.8.